The Morgan fingerprint density at radius 3 is 2.25 bits per heavy atom. The van der Waals surface area contributed by atoms with Crippen LogP contribution in [0.2, 0.25) is 0 Å². The maximum Gasteiger partial charge on any atom is 0.394 e. The van der Waals surface area contributed by atoms with Gasteiger partial charge in [-0.1, -0.05) is 26.7 Å². The van der Waals surface area contributed by atoms with E-state index in [0.29, 0.717) is 12.8 Å². The summed E-state index contributed by atoms with van der Waals surface area (Å²) < 4.78 is 38.4. The highest BCUT2D eigenvalue weighted by Crippen LogP contribution is 2.45. The lowest BCUT2D eigenvalue weighted by atomic mass is 9.78. The Morgan fingerprint density at radius 2 is 1.94 bits per heavy atom. The molecule has 0 fully saturated rings. The summed E-state index contributed by atoms with van der Waals surface area (Å²) >= 11 is 0. The first-order valence-electron chi connectivity index (χ1n) is 5.19. The van der Waals surface area contributed by atoms with Crippen molar-refractivity contribution in [2.24, 2.45) is 11.1 Å². The number of carbonyl (C=O) groups is 1. The zero-order chi connectivity index (χ0) is 13.0. The molecule has 0 aliphatic heterocycles. The van der Waals surface area contributed by atoms with E-state index in [1.165, 1.54) is 0 Å². The van der Waals surface area contributed by atoms with Gasteiger partial charge in [-0.2, -0.15) is 13.2 Å². The van der Waals surface area contributed by atoms with Crippen LogP contribution in [0.1, 0.15) is 39.5 Å². The number of hydrogen-bond acceptors (Lipinski definition) is 2. The third-order valence-electron chi connectivity index (χ3n) is 2.75. The average Bonchev–Trinajstić information content (AvgIpc) is 2.12. The van der Waals surface area contributed by atoms with Crippen LogP contribution in [0.25, 0.3) is 0 Å². The molecule has 3 nitrogen and oxygen atoms in total. The highest BCUT2D eigenvalue weighted by Gasteiger charge is 2.51. The van der Waals surface area contributed by atoms with Crippen LogP contribution in [-0.2, 0) is 4.79 Å². The molecule has 0 spiro atoms. The van der Waals surface area contributed by atoms with Gasteiger partial charge >= 0.3 is 12.1 Å². The van der Waals surface area contributed by atoms with Gasteiger partial charge in [-0.15, -0.1) is 0 Å². The fourth-order valence-corrected chi connectivity index (χ4v) is 1.50. The minimum absolute atomic E-state index is 0.0893. The first-order chi connectivity index (χ1) is 7.14. The summed E-state index contributed by atoms with van der Waals surface area (Å²) in [5, 5.41) is 8.54. The molecule has 0 rings (SSSR count). The van der Waals surface area contributed by atoms with E-state index in [1.807, 2.05) is 0 Å². The fraction of sp³-hybridized carbons (Fsp3) is 0.900. The minimum Gasteiger partial charge on any atom is -0.480 e. The molecule has 6 heteroatoms. The Morgan fingerprint density at radius 1 is 1.44 bits per heavy atom. The van der Waals surface area contributed by atoms with E-state index in [4.69, 9.17) is 10.8 Å². The lowest BCUT2D eigenvalue weighted by molar-refractivity contribution is -0.224. The van der Waals surface area contributed by atoms with Crippen molar-refractivity contribution >= 4 is 5.97 Å². The Kier molecular flexibility index (Phi) is 5.25. The summed E-state index contributed by atoms with van der Waals surface area (Å²) in [4.78, 5) is 10.5. The fourth-order valence-electron chi connectivity index (χ4n) is 1.50. The van der Waals surface area contributed by atoms with Crippen molar-refractivity contribution in [1.82, 2.24) is 0 Å². The van der Waals surface area contributed by atoms with E-state index in [0.717, 1.165) is 6.92 Å². The Hall–Kier alpha value is -0.780. The number of rotatable bonds is 6. The molecule has 2 unspecified atom stereocenters. The summed E-state index contributed by atoms with van der Waals surface area (Å²) in [6, 6.07) is -1.47. The second-order valence-corrected chi connectivity index (χ2v) is 4.31. The van der Waals surface area contributed by atoms with Crippen LogP contribution in [0.5, 0.6) is 0 Å². The second-order valence-electron chi connectivity index (χ2n) is 4.31. The van der Waals surface area contributed by atoms with E-state index in [1.54, 1.807) is 6.92 Å². The smallest absolute Gasteiger partial charge is 0.394 e. The van der Waals surface area contributed by atoms with Gasteiger partial charge < -0.3 is 10.8 Å². The van der Waals surface area contributed by atoms with Crippen LogP contribution >= 0.6 is 0 Å². The molecule has 0 amide bonds. The van der Waals surface area contributed by atoms with Gasteiger partial charge in [0.25, 0.3) is 0 Å². The van der Waals surface area contributed by atoms with Crippen molar-refractivity contribution in [3.63, 3.8) is 0 Å². The van der Waals surface area contributed by atoms with Gasteiger partial charge in [0.2, 0.25) is 0 Å². The van der Waals surface area contributed by atoms with E-state index in [2.05, 4.69) is 0 Å². The summed E-state index contributed by atoms with van der Waals surface area (Å²) in [5.74, 6) is -1.40. The van der Waals surface area contributed by atoms with Crippen LogP contribution in [0, 0.1) is 5.41 Å². The normalized spacial score (nSPS) is 17.9. The third-order valence-corrected chi connectivity index (χ3v) is 2.75. The minimum atomic E-state index is -4.42. The van der Waals surface area contributed by atoms with Crippen molar-refractivity contribution in [2.45, 2.75) is 51.7 Å². The number of unbranched alkanes of at least 4 members (excludes halogenated alkanes) is 1. The number of carboxylic acid groups (broad SMARTS) is 1. The van der Waals surface area contributed by atoms with Crippen LogP contribution in [0.15, 0.2) is 0 Å². The summed E-state index contributed by atoms with van der Waals surface area (Å²) in [6.45, 7) is 2.82. The van der Waals surface area contributed by atoms with E-state index in [-0.39, 0.29) is 6.42 Å². The molecule has 0 aromatic carbocycles. The van der Waals surface area contributed by atoms with Crippen LogP contribution < -0.4 is 5.73 Å². The quantitative estimate of drug-likeness (QED) is 0.751. The summed E-state index contributed by atoms with van der Waals surface area (Å²) in [5.41, 5.74) is 3.16. The Balaban J connectivity index is 4.73. The predicted molar refractivity (Wildman–Crippen MR) is 53.9 cm³/mol. The van der Waals surface area contributed by atoms with Gasteiger partial charge in [0.15, 0.2) is 0 Å². The van der Waals surface area contributed by atoms with Gasteiger partial charge in [0.05, 0.1) is 5.41 Å². The second kappa shape index (κ2) is 5.52. The van der Waals surface area contributed by atoms with Gasteiger partial charge in [0, 0.05) is 0 Å². The van der Waals surface area contributed by atoms with E-state index >= 15 is 0 Å². The molecule has 0 aromatic heterocycles. The molecule has 0 heterocycles. The maximum absolute atomic E-state index is 12.8. The van der Waals surface area contributed by atoms with Gasteiger partial charge in [0.1, 0.15) is 6.04 Å². The number of carboxylic acids is 1. The lowest BCUT2D eigenvalue weighted by Crippen LogP contribution is -2.43. The molecule has 2 atom stereocenters. The monoisotopic (exact) mass is 241 g/mol. The molecular formula is C10H18F3NO2. The van der Waals surface area contributed by atoms with Crippen LogP contribution in [0.3, 0.4) is 0 Å². The number of alkyl halides is 3. The zero-order valence-electron chi connectivity index (χ0n) is 9.47. The molecule has 0 saturated heterocycles. The standard InChI is InChI=1S/C10H18F3NO2/c1-3-4-5-9(2,10(11,12)13)6-7(14)8(15)16/h7H,3-6,14H2,1-2H3,(H,15,16). The molecule has 0 aliphatic carbocycles. The van der Waals surface area contributed by atoms with Gasteiger partial charge in [-0.3, -0.25) is 4.79 Å². The molecule has 0 aromatic rings. The first kappa shape index (κ1) is 15.2. The van der Waals surface area contributed by atoms with Crippen molar-refractivity contribution in [2.75, 3.05) is 0 Å². The summed E-state index contributed by atoms with van der Waals surface area (Å²) in [6.07, 6.45) is -4.05. The third kappa shape index (κ3) is 4.00. The maximum atomic E-state index is 12.8. The van der Waals surface area contributed by atoms with Crippen molar-refractivity contribution in [3.05, 3.63) is 0 Å². The van der Waals surface area contributed by atoms with E-state index in [9.17, 15) is 18.0 Å². The zero-order valence-corrected chi connectivity index (χ0v) is 9.47. The van der Waals surface area contributed by atoms with Gasteiger partial charge in [-0.25, -0.2) is 0 Å². The summed E-state index contributed by atoms with van der Waals surface area (Å²) in [7, 11) is 0. The average molecular weight is 241 g/mol. The van der Waals surface area contributed by atoms with Gasteiger partial charge in [-0.05, 0) is 12.8 Å². The Labute approximate surface area is 92.8 Å². The SMILES string of the molecule is CCCCC(C)(CC(N)C(=O)O)C(F)(F)F. The van der Waals surface area contributed by atoms with Crippen molar-refractivity contribution in [1.29, 1.82) is 0 Å². The molecular weight excluding hydrogens is 223 g/mol. The highest BCUT2D eigenvalue weighted by molar-refractivity contribution is 5.73. The molecule has 0 saturated carbocycles. The van der Waals surface area contributed by atoms with Crippen LogP contribution in [-0.4, -0.2) is 23.3 Å². The number of hydrogen-bond donors (Lipinski definition) is 2. The number of nitrogens with two attached hydrogens (primary N) is 1. The molecule has 0 aliphatic rings. The molecule has 96 valence electrons. The lowest BCUT2D eigenvalue weighted by Gasteiger charge is -2.33. The molecule has 0 bridgehead atoms. The predicted octanol–water partition coefficient (Wildman–Crippen LogP) is 2.55. The van der Waals surface area contributed by atoms with Crippen molar-refractivity contribution in [3.8, 4) is 0 Å². The number of aliphatic carboxylic acids is 1. The topological polar surface area (TPSA) is 63.3 Å². The Bertz CT molecular complexity index is 243. The first-order valence-corrected chi connectivity index (χ1v) is 5.19. The number of halogens is 3. The molecule has 0 radical (unpaired) electrons. The highest BCUT2D eigenvalue weighted by atomic mass is 19.4. The van der Waals surface area contributed by atoms with Crippen LogP contribution in [0.4, 0.5) is 13.2 Å². The van der Waals surface area contributed by atoms with E-state index < -0.39 is 30.0 Å². The molecule has 16 heavy (non-hydrogen) atoms. The van der Waals surface area contributed by atoms with Crippen molar-refractivity contribution < 1.29 is 23.1 Å². The largest absolute Gasteiger partial charge is 0.480 e. The molecule has 3 N–H and O–H groups in total.